The van der Waals surface area contributed by atoms with Crippen molar-refractivity contribution in [1.29, 1.82) is 0 Å². The normalized spacial score (nSPS) is 19.0. The Morgan fingerprint density at radius 1 is 1.57 bits per heavy atom. The highest BCUT2D eigenvalue weighted by atomic mass is 32.2. The van der Waals surface area contributed by atoms with Crippen LogP contribution in [-0.4, -0.2) is 60.0 Å². The zero-order chi connectivity index (χ0) is 15.2. The second-order valence-corrected chi connectivity index (χ2v) is 6.62. The van der Waals surface area contributed by atoms with Gasteiger partial charge in [-0.2, -0.15) is 11.8 Å². The van der Waals surface area contributed by atoms with Crippen LogP contribution < -0.4 is 5.32 Å². The summed E-state index contributed by atoms with van der Waals surface area (Å²) in [6.07, 6.45) is 0. The van der Waals surface area contributed by atoms with E-state index in [0.29, 0.717) is 24.5 Å². The summed E-state index contributed by atoms with van der Waals surface area (Å²) < 4.78 is 4.80. The third kappa shape index (κ3) is 4.10. The van der Waals surface area contributed by atoms with E-state index in [9.17, 15) is 9.59 Å². The summed E-state index contributed by atoms with van der Waals surface area (Å²) in [5.74, 6) is 0.874. The largest absolute Gasteiger partial charge is 0.469 e. The van der Waals surface area contributed by atoms with Crippen LogP contribution in [0.5, 0.6) is 0 Å². The average Bonchev–Trinajstić information content (AvgIpc) is 2.82. The molecule has 1 aromatic heterocycles. The summed E-state index contributed by atoms with van der Waals surface area (Å²) in [4.78, 5) is 30.2. The highest BCUT2D eigenvalue weighted by molar-refractivity contribution is 7.99. The van der Waals surface area contributed by atoms with Crippen LogP contribution in [0.2, 0.25) is 0 Å². The number of rotatable bonds is 4. The van der Waals surface area contributed by atoms with Gasteiger partial charge in [-0.05, 0) is 6.92 Å². The van der Waals surface area contributed by atoms with Crippen LogP contribution >= 0.6 is 23.1 Å². The van der Waals surface area contributed by atoms with Crippen LogP contribution in [0, 0.1) is 5.92 Å². The standard InChI is InChI=1S/C13H19N3O3S2/c1-3-14-13-15-10(8-21-13)11(17)16-4-5-20-7-9(6-16)12(18)19-2/h8-9H,3-7H2,1-2H3,(H,14,15). The maximum atomic E-state index is 12.5. The zero-order valence-corrected chi connectivity index (χ0v) is 13.8. The first-order valence-corrected chi connectivity index (χ1v) is 8.83. The maximum absolute atomic E-state index is 12.5. The number of thioether (sulfide) groups is 1. The number of methoxy groups -OCH3 is 1. The first-order valence-electron chi connectivity index (χ1n) is 6.80. The lowest BCUT2D eigenvalue weighted by atomic mass is 10.1. The predicted octanol–water partition coefficient (Wildman–Crippen LogP) is 1.55. The van der Waals surface area contributed by atoms with Crippen molar-refractivity contribution in [3.05, 3.63) is 11.1 Å². The monoisotopic (exact) mass is 329 g/mol. The number of amides is 1. The second kappa shape index (κ2) is 7.65. The van der Waals surface area contributed by atoms with E-state index in [-0.39, 0.29) is 17.8 Å². The van der Waals surface area contributed by atoms with E-state index < -0.39 is 0 Å². The number of esters is 1. The van der Waals surface area contributed by atoms with E-state index >= 15 is 0 Å². The molecule has 1 fully saturated rings. The molecule has 1 saturated heterocycles. The number of ether oxygens (including phenoxy) is 1. The minimum absolute atomic E-state index is 0.119. The minimum Gasteiger partial charge on any atom is -0.469 e. The van der Waals surface area contributed by atoms with Gasteiger partial charge in [-0.15, -0.1) is 11.3 Å². The molecule has 2 rings (SSSR count). The number of hydrogen-bond donors (Lipinski definition) is 1. The Hall–Kier alpha value is -1.28. The van der Waals surface area contributed by atoms with Crippen LogP contribution in [0.15, 0.2) is 5.38 Å². The number of nitrogens with one attached hydrogen (secondary N) is 1. The van der Waals surface area contributed by atoms with Gasteiger partial charge in [0.05, 0.1) is 13.0 Å². The molecule has 0 bridgehead atoms. The first-order chi connectivity index (χ1) is 10.2. The average molecular weight is 329 g/mol. The fraction of sp³-hybridized carbons (Fsp3) is 0.615. The lowest BCUT2D eigenvalue weighted by molar-refractivity contribution is -0.144. The van der Waals surface area contributed by atoms with Crippen LogP contribution in [0.4, 0.5) is 5.13 Å². The number of hydrogen-bond acceptors (Lipinski definition) is 7. The molecule has 0 aromatic carbocycles. The SMILES string of the molecule is CCNc1nc(C(=O)N2CCSCC(C(=O)OC)C2)cs1. The van der Waals surface area contributed by atoms with Crippen molar-refractivity contribution in [2.75, 3.05) is 43.6 Å². The van der Waals surface area contributed by atoms with Crippen molar-refractivity contribution in [2.45, 2.75) is 6.92 Å². The van der Waals surface area contributed by atoms with Gasteiger partial charge >= 0.3 is 5.97 Å². The van der Waals surface area contributed by atoms with Crippen molar-refractivity contribution >= 4 is 40.1 Å². The third-order valence-corrected chi connectivity index (χ3v) is 5.05. The van der Waals surface area contributed by atoms with Crippen LogP contribution in [0.3, 0.4) is 0 Å². The van der Waals surface area contributed by atoms with Gasteiger partial charge in [0, 0.05) is 36.5 Å². The van der Waals surface area contributed by atoms with E-state index in [1.807, 2.05) is 6.92 Å². The Labute approximate surface area is 132 Å². The van der Waals surface area contributed by atoms with Crippen molar-refractivity contribution in [3.8, 4) is 0 Å². The lowest BCUT2D eigenvalue weighted by Gasteiger charge is -2.22. The molecule has 1 aliphatic rings. The summed E-state index contributed by atoms with van der Waals surface area (Å²) in [6.45, 7) is 3.78. The molecule has 6 nitrogen and oxygen atoms in total. The van der Waals surface area contributed by atoms with E-state index in [2.05, 4.69) is 10.3 Å². The van der Waals surface area contributed by atoms with Crippen molar-refractivity contribution in [3.63, 3.8) is 0 Å². The van der Waals surface area contributed by atoms with Gasteiger partial charge < -0.3 is 15.0 Å². The van der Waals surface area contributed by atoms with Gasteiger partial charge in [0.1, 0.15) is 5.69 Å². The topological polar surface area (TPSA) is 71.5 Å². The minimum atomic E-state index is -0.265. The fourth-order valence-corrected chi connectivity index (χ4v) is 3.87. The number of nitrogens with zero attached hydrogens (tertiary/aromatic N) is 2. The summed E-state index contributed by atoms with van der Waals surface area (Å²) in [5.41, 5.74) is 0.437. The summed E-state index contributed by atoms with van der Waals surface area (Å²) in [5, 5.41) is 5.59. The van der Waals surface area contributed by atoms with E-state index in [1.165, 1.54) is 18.4 Å². The number of anilines is 1. The van der Waals surface area contributed by atoms with Gasteiger partial charge in [-0.3, -0.25) is 9.59 Å². The van der Waals surface area contributed by atoms with Crippen molar-refractivity contribution < 1.29 is 14.3 Å². The lowest BCUT2D eigenvalue weighted by Crippen LogP contribution is -2.38. The molecule has 1 amide bonds. The number of aromatic nitrogens is 1. The van der Waals surface area contributed by atoms with Gasteiger partial charge in [0.15, 0.2) is 5.13 Å². The predicted molar refractivity (Wildman–Crippen MR) is 85.0 cm³/mol. The fourth-order valence-electron chi connectivity index (χ4n) is 2.07. The third-order valence-electron chi connectivity index (χ3n) is 3.14. The molecular weight excluding hydrogens is 310 g/mol. The molecule has 116 valence electrons. The maximum Gasteiger partial charge on any atom is 0.311 e. The Morgan fingerprint density at radius 3 is 3.10 bits per heavy atom. The van der Waals surface area contributed by atoms with E-state index in [4.69, 9.17) is 4.74 Å². The van der Waals surface area contributed by atoms with Gasteiger partial charge in [-0.1, -0.05) is 0 Å². The molecule has 21 heavy (non-hydrogen) atoms. The van der Waals surface area contributed by atoms with Crippen LogP contribution in [0.25, 0.3) is 0 Å². The molecule has 1 unspecified atom stereocenters. The summed E-state index contributed by atoms with van der Waals surface area (Å²) in [7, 11) is 1.38. The van der Waals surface area contributed by atoms with E-state index in [1.54, 1.807) is 22.0 Å². The number of thiazole rings is 1. The highest BCUT2D eigenvalue weighted by Crippen LogP contribution is 2.21. The molecule has 0 radical (unpaired) electrons. The molecule has 1 N–H and O–H groups in total. The Balaban J connectivity index is 2.07. The molecule has 1 aliphatic heterocycles. The van der Waals surface area contributed by atoms with Crippen molar-refractivity contribution in [2.24, 2.45) is 5.92 Å². The quantitative estimate of drug-likeness (QED) is 0.845. The Bertz CT molecular complexity index is 507. The summed E-state index contributed by atoms with van der Waals surface area (Å²) >= 11 is 3.09. The van der Waals surface area contributed by atoms with Gasteiger partial charge in [-0.25, -0.2) is 4.98 Å². The Morgan fingerprint density at radius 2 is 2.38 bits per heavy atom. The number of carbonyl (C=O) groups excluding carboxylic acids is 2. The molecule has 1 aromatic rings. The molecule has 2 heterocycles. The van der Waals surface area contributed by atoms with Gasteiger partial charge in [0.25, 0.3) is 5.91 Å². The molecular formula is C13H19N3O3S2. The zero-order valence-electron chi connectivity index (χ0n) is 12.1. The highest BCUT2D eigenvalue weighted by Gasteiger charge is 2.29. The molecule has 1 atom stereocenters. The smallest absolute Gasteiger partial charge is 0.311 e. The molecule has 0 aliphatic carbocycles. The molecule has 0 saturated carbocycles. The van der Waals surface area contributed by atoms with Gasteiger partial charge in [0.2, 0.25) is 0 Å². The van der Waals surface area contributed by atoms with Crippen molar-refractivity contribution in [1.82, 2.24) is 9.88 Å². The second-order valence-electron chi connectivity index (χ2n) is 4.61. The molecule has 8 heteroatoms. The van der Waals surface area contributed by atoms with Crippen LogP contribution in [0.1, 0.15) is 17.4 Å². The van der Waals surface area contributed by atoms with Crippen LogP contribution in [-0.2, 0) is 9.53 Å². The first kappa shape index (κ1) is 16.1. The number of carbonyl (C=O) groups is 2. The Kier molecular flexibility index (Phi) is 5.86. The van der Waals surface area contributed by atoms with E-state index in [0.717, 1.165) is 17.4 Å². The molecule has 0 spiro atoms. The summed E-state index contributed by atoms with van der Waals surface area (Å²) in [6, 6.07) is 0.